The van der Waals surface area contributed by atoms with Gasteiger partial charge < -0.3 is 15.7 Å². The molecule has 118 valence electrons. The van der Waals surface area contributed by atoms with Crippen molar-refractivity contribution in [3.8, 4) is 0 Å². The number of hydrogen-bond acceptors (Lipinski definition) is 3. The summed E-state index contributed by atoms with van der Waals surface area (Å²) < 4.78 is 0. The lowest BCUT2D eigenvalue weighted by atomic mass is 9.85. The highest BCUT2D eigenvalue weighted by molar-refractivity contribution is 5.99. The van der Waals surface area contributed by atoms with Gasteiger partial charge in [-0.25, -0.2) is 4.79 Å². The van der Waals surface area contributed by atoms with Crippen LogP contribution in [0, 0.1) is 5.92 Å². The number of amides is 2. The van der Waals surface area contributed by atoms with Crippen LogP contribution in [-0.2, 0) is 4.79 Å². The van der Waals surface area contributed by atoms with Crippen LogP contribution in [0.4, 0.5) is 4.79 Å². The third kappa shape index (κ3) is 4.58. The number of carbonyl (C=O) groups excluding carboxylic acids is 2. The summed E-state index contributed by atoms with van der Waals surface area (Å²) in [7, 11) is 0. The molecular weight excluding hydrogens is 284 g/mol. The van der Waals surface area contributed by atoms with Crippen LogP contribution in [0.25, 0.3) is 0 Å². The zero-order valence-corrected chi connectivity index (χ0v) is 12.2. The molecule has 0 radical (unpaired) electrons. The van der Waals surface area contributed by atoms with E-state index in [1.54, 1.807) is 24.3 Å². The first kappa shape index (κ1) is 16.0. The number of carbonyl (C=O) groups is 3. The first-order valence-electron chi connectivity index (χ1n) is 7.41. The fourth-order valence-electron chi connectivity index (χ4n) is 2.77. The molecule has 6 nitrogen and oxygen atoms in total. The molecule has 0 heterocycles. The molecule has 0 aromatic heterocycles. The van der Waals surface area contributed by atoms with Gasteiger partial charge in [0.25, 0.3) is 0 Å². The molecule has 0 aliphatic heterocycles. The normalized spacial score (nSPS) is 20.9. The molecule has 22 heavy (non-hydrogen) atoms. The van der Waals surface area contributed by atoms with Crippen molar-refractivity contribution in [1.82, 2.24) is 10.6 Å². The Morgan fingerprint density at radius 3 is 2.55 bits per heavy atom. The van der Waals surface area contributed by atoms with Gasteiger partial charge in [-0.3, -0.25) is 9.59 Å². The van der Waals surface area contributed by atoms with Crippen molar-refractivity contribution in [2.45, 2.75) is 31.7 Å². The van der Waals surface area contributed by atoms with E-state index >= 15 is 0 Å². The molecule has 1 aliphatic carbocycles. The van der Waals surface area contributed by atoms with Crippen molar-refractivity contribution < 1.29 is 19.5 Å². The molecule has 2 rings (SSSR count). The number of rotatable bonds is 5. The Bertz CT molecular complexity index is 544. The Balaban J connectivity index is 1.81. The van der Waals surface area contributed by atoms with E-state index in [1.165, 1.54) is 0 Å². The highest BCUT2D eigenvalue weighted by Gasteiger charge is 2.28. The van der Waals surface area contributed by atoms with Gasteiger partial charge in [0.15, 0.2) is 5.78 Å². The average Bonchev–Trinajstić information content (AvgIpc) is 2.52. The van der Waals surface area contributed by atoms with Gasteiger partial charge in [-0.05, 0) is 19.3 Å². The van der Waals surface area contributed by atoms with Crippen LogP contribution in [0.15, 0.2) is 30.3 Å². The molecule has 6 heteroatoms. The van der Waals surface area contributed by atoms with Crippen LogP contribution >= 0.6 is 0 Å². The number of Topliss-reactive ketones (excluding diaryl/α,β-unsaturated/α-hetero) is 1. The van der Waals surface area contributed by atoms with E-state index in [4.69, 9.17) is 5.11 Å². The van der Waals surface area contributed by atoms with E-state index in [-0.39, 0.29) is 30.2 Å². The first-order valence-corrected chi connectivity index (χ1v) is 7.41. The third-order valence-corrected chi connectivity index (χ3v) is 3.89. The standard InChI is InChI=1S/C16H20N2O4/c19-14(11-5-2-1-3-6-11)10-17-15(20)12-7-4-8-13(9-12)18-16(21)22/h1-3,5-6,12-13,18H,4,7-10H2,(H,17,20)(H,21,22)/t12-,13+/m0/s1. The SMILES string of the molecule is O=C(O)N[C@@H]1CCC[C@H](C(=O)NCC(=O)c2ccccc2)C1. The lowest BCUT2D eigenvalue weighted by Crippen LogP contribution is -2.42. The predicted octanol–water partition coefficient (Wildman–Crippen LogP) is 1.81. The van der Waals surface area contributed by atoms with Crippen LogP contribution < -0.4 is 10.6 Å². The Morgan fingerprint density at radius 2 is 1.86 bits per heavy atom. The van der Waals surface area contributed by atoms with E-state index < -0.39 is 6.09 Å². The molecule has 0 saturated heterocycles. The third-order valence-electron chi connectivity index (χ3n) is 3.89. The summed E-state index contributed by atoms with van der Waals surface area (Å²) in [5.41, 5.74) is 0.567. The van der Waals surface area contributed by atoms with Gasteiger partial charge in [0.05, 0.1) is 6.54 Å². The molecular formula is C16H20N2O4. The summed E-state index contributed by atoms with van der Waals surface area (Å²) >= 11 is 0. The van der Waals surface area contributed by atoms with E-state index in [2.05, 4.69) is 10.6 Å². The largest absolute Gasteiger partial charge is 0.465 e. The maximum absolute atomic E-state index is 12.1. The number of carboxylic acid groups (broad SMARTS) is 1. The van der Waals surface area contributed by atoms with Gasteiger partial charge in [-0.2, -0.15) is 0 Å². The summed E-state index contributed by atoms with van der Waals surface area (Å²) in [6.45, 7) is -0.0314. The zero-order chi connectivity index (χ0) is 15.9. The minimum atomic E-state index is -1.06. The molecule has 3 N–H and O–H groups in total. The number of hydrogen-bond donors (Lipinski definition) is 3. The van der Waals surface area contributed by atoms with Gasteiger partial charge in [0.1, 0.15) is 0 Å². The molecule has 1 fully saturated rings. The minimum absolute atomic E-state index is 0.0314. The van der Waals surface area contributed by atoms with Gasteiger partial charge in [-0.15, -0.1) is 0 Å². The van der Waals surface area contributed by atoms with Crippen molar-refractivity contribution >= 4 is 17.8 Å². The molecule has 1 aromatic rings. The van der Waals surface area contributed by atoms with Crippen molar-refractivity contribution in [2.75, 3.05) is 6.54 Å². The topological polar surface area (TPSA) is 95.5 Å². The summed E-state index contributed by atoms with van der Waals surface area (Å²) in [5.74, 6) is -0.555. The van der Waals surface area contributed by atoms with Crippen LogP contribution in [-0.4, -0.2) is 35.5 Å². The molecule has 1 aliphatic rings. The fraction of sp³-hybridized carbons (Fsp3) is 0.438. The van der Waals surface area contributed by atoms with Crippen LogP contribution in [0.3, 0.4) is 0 Å². The summed E-state index contributed by atoms with van der Waals surface area (Å²) in [4.78, 5) is 34.7. The van der Waals surface area contributed by atoms with Gasteiger partial charge >= 0.3 is 6.09 Å². The van der Waals surface area contributed by atoms with E-state index in [1.807, 2.05) is 6.07 Å². The molecule has 2 atom stereocenters. The molecule has 0 spiro atoms. The second-order valence-electron chi connectivity index (χ2n) is 5.52. The number of benzene rings is 1. The molecule has 0 unspecified atom stereocenters. The van der Waals surface area contributed by atoms with Gasteiger partial charge in [-0.1, -0.05) is 36.8 Å². The van der Waals surface area contributed by atoms with Crippen molar-refractivity contribution in [3.05, 3.63) is 35.9 Å². The molecule has 1 saturated carbocycles. The van der Waals surface area contributed by atoms with E-state index in [9.17, 15) is 14.4 Å². The zero-order valence-electron chi connectivity index (χ0n) is 12.2. The summed E-state index contributed by atoms with van der Waals surface area (Å²) in [6.07, 6.45) is 1.69. The van der Waals surface area contributed by atoms with Crippen molar-refractivity contribution in [2.24, 2.45) is 5.92 Å². The molecule has 2 amide bonds. The minimum Gasteiger partial charge on any atom is -0.465 e. The quantitative estimate of drug-likeness (QED) is 0.723. The summed E-state index contributed by atoms with van der Waals surface area (Å²) in [6, 6.07) is 8.61. The van der Waals surface area contributed by atoms with E-state index in [0.717, 1.165) is 19.3 Å². The second kappa shape index (κ2) is 7.59. The Kier molecular flexibility index (Phi) is 5.52. The van der Waals surface area contributed by atoms with Crippen molar-refractivity contribution in [3.63, 3.8) is 0 Å². The average molecular weight is 304 g/mol. The Labute approximate surface area is 128 Å². The molecule has 0 bridgehead atoms. The highest BCUT2D eigenvalue weighted by atomic mass is 16.4. The van der Waals surface area contributed by atoms with E-state index in [0.29, 0.717) is 12.0 Å². The smallest absolute Gasteiger partial charge is 0.404 e. The number of ketones is 1. The van der Waals surface area contributed by atoms with Crippen LogP contribution in [0.2, 0.25) is 0 Å². The van der Waals surface area contributed by atoms with Crippen LogP contribution in [0.5, 0.6) is 0 Å². The number of nitrogens with one attached hydrogen (secondary N) is 2. The lowest BCUT2D eigenvalue weighted by Gasteiger charge is -2.28. The van der Waals surface area contributed by atoms with Crippen LogP contribution in [0.1, 0.15) is 36.0 Å². The first-order chi connectivity index (χ1) is 10.6. The lowest BCUT2D eigenvalue weighted by molar-refractivity contribution is -0.126. The highest BCUT2D eigenvalue weighted by Crippen LogP contribution is 2.24. The molecule has 1 aromatic carbocycles. The maximum Gasteiger partial charge on any atom is 0.404 e. The monoisotopic (exact) mass is 304 g/mol. The predicted molar refractivity (Wildman–Crippen MR) is 80.7 cm³/mol. The van der Waals surface area contributed by atoms with Gasteiger partial charge in [0.2, 0.25) is 5.91 Å². The Morgan fingerprint density at radius 1 is 1.14 bits per heavy atom. The Hall–Kier alpha value is -2.37. The fourth-order valence-corrected chi connectivity index (χ4v) is 2.77. The maximum atomic E-state index is 12.1. The second-order valence-corrected chi connectivity index (χ2v) is 5.52. The van der Waals surface area contributed by atoms with Crippen molar-refractivity contribution in [1.29, 1.82) is 0 Å². The summed E-state index contributed by atoms with van der Waals surface area (Å²) in [5, 5.41) is 13.8. The van der Waals surface area contributed by atoms with Gasteiger partial charge in [0, 0.05) is 17.5 Å².